The van der Waals surface area contributed by atoms with Gasteiger partial charge in [-0.25, -0.2) is 0 Å². The second-order valence-corrected chi connectivity index (χ2v) is 6.13. The van der Waals surface area contributed by atoms with Gasteiger partial charge in [-0.2, -0.15) is 0 Å². The lowest BCUT2D eigenvalue weighted by Gasteiger charge is -2.34. The molecule has 2 unspecified atom stereocenters. The Bertz CT molecular complexity index is 329. The molecule has 0 bridgehead atoms. The van der Waals surface area contributed by atoms with Crippen molar-refractivity contribution in [2.75, 3.05) is 46.5 Å². The van der Waals surface area contributed by atoms with Crippen LogP contribution in [0.15, 0.2) is 0 Å². The van der Waals surface area contributed by atoms with Crippen molar-refractivity contribution in [3.8, 4) is 0 Å². The molecule has 0 spiro atoms. The van der Waals surface area contributed by atoms with E-state index in [2.05, 4.69) is 10.2 Å². The van der Waals surface area contributed by atoms with Crippen molar-refractivity contribution in [3.05, 3.63) is 0 Å². The molecule has 0 aromatic carbocycles. The van der Waals surface area contributed by atoms with Crippen molar-refractivity contribution < 1.29 is 14.3 Å². The summed E-state index contributed by atoms with van der Waals surface area (Å²) >= 11 is 0. The normalized spacial score (nSPS) is 31.0. The maximum absolute atomic E-state index is 12.4. The van der Waals surface area contributed by atoms with Crippen molar-refractivity contribution in [2.45, 2.75) is 44.6 Å². The quantitative estimate of drug-likeness (QED) is 0.752. The highest BCUT2D eigenvalue weighted by molar-refractivity contribution is 5.81. The van der Waals surface area contributed by atoms with Gasteiger partial charge in [-0.15, -0.1) is 0 Å². The Hall–Kier alpha value is -0.650. The molecule has 5 heteroatoms. The average molecular weight is 298 g/mol. The Balaban J connectivity index is 1.92. The first kappa shape index (κ1) is 16.7. The van der Waals surface area contributed by atoms with Crippen LogP contribution < -0.4 is 5.32 Å². The molecule has 2 atom stereocenters. The molecule has 2 fully saturated rings. The monoisotopic (exact) mass is 298 g/mol. The van der Waals surface area contributed by atoms with Crippen LogP contribution in [0.3, 0.4) is 0 Å². The predicted molar refractivity (Wildman–Crippen MR) is 82.3 cm³/mol. The summed E-state index contributed by atoms with van der Waals surface area (Å²) in [6, 6.07) is 0. The second kappa shape index (κ2) is 8.11. The van der Waals surface area contributed by atoms with Gasteiger partial charge in [0, 0.05) is 19.7 Å². The summed E-state index contributed by atoms with van der Waals surface area (Å²) in [5.74, 6) is 0.319. The van der Waals surface area contributed by atoms with E-state index in [4.69, 9.17) is 9.47 Å². The number of carbonyl (C=O) groups excluding carboxylic acids is 1. The highest BCUT2D eigenvalue weighted by Crippen LogP contribution is 2.38. The number of nitrogens with one attached hydrogen (secondary N) is 1. The molecule has 1 aliphatic heterocycles. The zero-order valence-corrected chi connectivity index (χ0v) is 13.5. The molecule has 1 heterocycles. The molecular weight excluding hydrogens is 268 g/mol. The Labute approximate surface area is 128 Å². The molecule has 1 N–H and O–H groups in total. The van der Waals surface area contributed by atoms with Gasteiger partial charge in [-0.3, -0.25) is 4.79 Å². The van der Waals surface area contributed by atoms with E-state index in [0.717, 1.165) is 65.0 Å². The number of hydrogen-bond donors (Lipinski definition) is 1. The fourth-order valence-corrected chi connectivity index (χ4v) is 3.79. The van der Waals surface area contributed by atoms with Gasteiger partial charge >= 0.3 is 5.97 Å². The Kier molecular flexibility index (Phi) is 6.45. The molecule has 21 heavy (non-hydrogen) atoms. The number of esters is 1. The minimum Gasteiger partial charge on any atom is -0.465 e. The van der Waals surface area contributed by atoms with E-state index in [1.54, 1.807) is 0 Å². The number of hydrogen-bond acceptors (Lipinski definition) is 5. The van der Waals surface area contributed by atoms with Crippen molar-refractivity contribution >= 4 is 5.97 Å². The summed E-state index contributed by atoms with van der Waals surface area (Å²) in [5, 5.41) is 3.29. The molecular formula is C16H30N2O3. The third kappa shape index (κ3) is 3.96. The van der Waals surface area contributed by atoms with Gasteiger partial charge in [0.1, 0.15) is 5.54 Å². The zero-order valence-electron chi connectivity index (χ0n) is 13.5. The molecule has 0 radical (unpaired) electrons. The van der Waals surface area contributed by atoms with Gasteiger partial charge in [0.05, 0.1) is 13.2 Å². The molecule has 1 saturated carbocycles. The zero-order chi connectivity index (χ0) is 15.1. The van der Waals surface area contributed by atoms with Crippen LogP contribution in [0.1, 0.15) is 39.0 Å². The van der Waals surface area contributed by atoms with Crippen molar-refractivity contribution in [1.29, 1.82) is 0 Å². The largest absolute Gasteiger partial charge is 0.465 e. The van der Waals surface area contributed by atoms with E-state index in [1.165, 1.54) is 0 Å². The van der Waals surface area contributed by atoms with Crippen LogP contribution in [0.25, 0.3) is 0 Å². The Morgan fingerprint density at radius 1 is 1.38 bits per heavy atom. The number of nitrogens with zero attached hydrogens (tertiary/aromatic N) is 1. The summed E-state index contributed by atoms with van der Waals surface area (Å²) in [4.78, 5) is 14.9. The van der Waals surface area contributed by atoms with E-state index >= 15 is 0 Å². The van der Waals surface area contributed by atoms with E-state index in [9.17, 15) is 4.79 Å². The third-order valence-electron chi connectivity index (χ3n) is 5.02. The average Bonchev–Trinajstić information content (AvgIpc) is 2.73. The van der Waals surface area contributed by atoms with E-state index in [0.29, 0.717) is 12.5 Å². The van der Waals surface area contributed by atoms with Crippen molar-refractivity contribution in [3.63, 3.8) is 0 Å². The van der Waals surface area contributed by atoms with Crippen LogP contribution in [0, 0.1) is 5.92 Å². The highest BCUT2D eigenvalue weighted by Gasteiger charge is 2.48. The van der Waals surface area contributed by atoms with Crippen LogP contribution in [-0.2, 0) is 14.3 Å². The first-order chi connectivity index (χ1) is 10.2. The van der Waals surface area contributed by atoms with E-state index < -0.39 is 5.54 Å². The molecule has 5 nitrogen and oxygen atoms in total. The fourth-order valence-electron chi connectivity index (χ4n) is 3.79. The summed E-state index contributed by atoms with van der Waals surface area (Å²) in [7, 11) is 1.90. The minimum atomic E-state index is -0.460. The topological polar surface area (TPSA) is 50.8 Å². The SMILES string of the molecule is CCOC(=O)C1(NC)CCCC1CCN1CCCOCC1. The van der Waals surface area contributed by atoms with E-state index in [1.807, 2.05) is 14.0 Å². The lowest BCUT2D eigenvalue weighted by atomic mass is 9.84. The minimum absolute atomic E-state index is 0.0609. The van der Waals surface area contributed by atoms with Crippen LogP contribution in [-0.4, -0.2) is 62.9 Å². The number of ether oxygens (including phenoxy) is 2. The Morgan fingerprint density at radius 2 is 2.24 bits per heavy atom. The van der Waals surface area contributed by atoms with Gasteiger partial charge in [-0.1, -0.05) is 6.42 Å². The molecule has 0 aromatic rings. The highest BCUT2D eigenvalue weighted by atomic mass is 16.5. The van der Waals surface area contributed by atoms with Crippen LogP contribution in [0.4, 0.5) is 0 Å². The standard InChI is InChI=1S/C16H30N2O3/c1-3-21-15(19)16(17-2)8-4-6-14(16)7-10-18-9-5-12-20-13-11-18/h14,17H,3-13H2,1-2H3. The molecule has 1 saturated heterocycles. The summed E-state index contributed by atoms with van der Waals surface area (Å²) in [5.41, 5.74) is -0.460. The van der Waals surface area contributed by atoms with Crippen LogP contribution in [0.2, 0.25) is 0 Å². The first-order valence-corrected chi connectivity index (χ1v) is 8.39. The maximum atomic E-state index is 12.4. The molecule has 2 aliphatic rings. The first-order valence-electron chi connectivity index (χ1n) is 8.39. The van der Waals surface area contributed by atoms with Gasteiger partial charge in [0.15, 0.2) is 0 Å². The lowest BCUT2D eigenvalue weighted by molar-refractivity contribution is -0.153. The molecule has 2 rings (SSSR count). The van der Waals surface area contributed by atoms with E-state index in [-0.39, 0.29) is 5.97 Å². The Morgan fingerprint density at radius 3 is 3.00 bits per heavy atom. The number of rotatable bonds is 6. The number of likely N-dealkylation sites (N-methyl/N-ethyl adjacent to an activating group) is 1. The number of carbonyl (C=O) groups is 1. The summed E-state index contributed by atoms with van der Waals surface area (Å²) < 4.78 is 10.8. The van der Waals surface area contributed by atoms with Crippen LogP contribution in [0.5, 0.6) is 0 Å². The fraction of sp³-hybridized carbons (Fsp3) is 0.938. The van der Waals surface area contributed by atoms with Gasteiger partial charge in [-0.05, 0) is 52.1 Å². The van der Waals surface area contributed by atoms with Gasteiger partial charge in [0.2, 0.25) is 0 Å². The summed E-state index contributed by atoms with van der Waals surface area (Å²) in [6.45, 7) is 7.22. The molecule has 1 aliphatic carbocycles. The molecule has 0 aromatic heterocycles. The van der Waals surface area contributed by atoms with Gasteiger partial charge < -0.3 is 19.7 Å². The maximum Gasteiger partial charge on any atom is 0.326 e. The molecule has 122 valence electrons. The van der Waals surface area contributed by atoms with Crippen molar-refractivity contribution in [2.24, 2.45) is 5.92 Å². The lowest BCUT2D eigenvalue weighted by Crippen LogP contribution is -2.54. The second-order valence-electron chi connectivity index (χ2n) is 6.13. The third-order valence-corrected chi connectivity index (χ3v) is 5.02. The van der Waals surface area contributed by atoms with Crippen molar-refractivity contribution in [1.82, 2.24) is 10.2 Å². The summed E-state index contributed by atoms with van der Waals surface area (Å²) in [6.07, 6.45) is 5.28. The predicted octanol–water partition coefficient (Wildman–Crippen LogP) is 1.42. The smallest absolute Gasteiger partial charge is 0.326 e. The van der Waals surface area contributed by atoms with Crippen LogP contribution >= 0.6 is 0 Å². The molecule has 0 amide bonds. The van der Waals surface area contributed by atoms with Gasteiger partial charge in [0.25, 0.3) is 0 Å².